The van der Waals surface area contributed by atoms with Crippen LogP contribution in [0.15, 0.2) is 0 Å². The van der Waals surface area contributed by atoms with Gasteiger partial charge in [-0.05, 0) is 24.2 Å². The summed E-state index contributed by atoms with van der Waals surface area (Å²) in [6.45, 7) is 7.52. The second-order valence-corrected chi connectivity index (χ2v) is 6.54. The van der Waals surface area contributed by atoms with E-state index in [2.05, 4.69) is 26.1 Å². The fourth-order valence-electron chi connectivity index (χ4n) is 3.27. The third-order valence-electron chi connectivity index (χ3n) is 4.23. The molecule has 0 aromatic carbocycles. The average molecular weight is 239 g/mol. The lowest BCUT2D eigenvalue weighted by atomic mass is 9.69. The summed E-state index contributed by atoms with van der Waals surface area (Å²) in [6.07, 6.45) is 5.93. The smallest absolute Gasteiger partial charge is 0.323 e. The van der Waals surface area contributed by atoms with E-state index in [4.69, 9.17) is 4.74 Å². The van der Waals surface area contributed by atoms with Gasteiger partial charge in [0, 0.05) is 12.5 Å². The van der Waals surface area contributed by atoms with Gasteiger partial charge in [0.25, 0.3) is 0 Å². The van der Waals surface area contributed by atoms with Crippen LogP contribution < -0.4 is 5.32 Å². The quantitative estimate of drug-likeness (QED) is 0.752. The van der Waals surface area contributed by atoms with Crippen LogP contribution in [-0.2, 0) is 9.53 Å². The van der Waals surface area contributed by atoms with Crippen LogP contribution in [0.4, 0.5) is 0 Å². The Morgan fingerprint density at radius 1 is 1.18 bits per heavy atom. The van der Waals surface area contributed by atoms with Gasteiger partial charge in [0.2, 0.25) is 0 Å². The van der Waals surface area contributed by atoms with Crippen molar-refractivity contribution in [1.29, 1.82) is 0 Å². The van der Waals surface area contributed by atoms with Crippen LogP contribution in [0.2, 0.25) is 0 Å². The molecule has 0 spiro atoms. The van der Waals surface area contributed by atoms with E-state index >= 15 is 0 Å². The van der Waals surface area contributed by atoms with E-state index in [1.165, 1.54) is 25.7 Å². The highest BCUT2D eigenvalue weighted by molar-refractivity contribution is 5.77. The summed E-state index contributed by atoms with van der Waals surface area (Å²) in [6, 6.07) is 0.433. The Morgan fingerprint density at radius 2 is 1.88 bits per heavy atom. The molecule has 1 N–H and O–H groups in total. The first-order chi connectivity index (χ1) is 7.98. The maximum atomic E-state index is 11.5. The minimum absolute atomic E-state index is 0.0526. The molecule has 0 radical (unpaired) electrons. The van der Waals surface area contributed by atoms with E-state index < -0.39 is 0 Å². The minimum atomic E-state index is -0.0528. The summed E-state index contributed by atoms with van der Waals surface area (Å²) >= 11 is 0. The summed E-state index contributed by atoms with van der Waals surface area (Å²) in [5.74, 6) is 0.618. The lowest BCUT2D eigenvalue weighted by molar-refractivity contribution is -0.140. The Hall–Kier alpha value is -0.570. The van der Waals surface area contributed by atoms with Gasteiger partial charge in [-0.1, -0.05) is 33.6 Å². The van der Waals surface area contributed by atoms with Crippen molar-refractivity contribution in [1.82, 2.24) is 5.32 Å². The van der Waals surface area contributed by atoms with Crippen LogP contribution in [0.5, 0.6) is 0 Å². The molecule has 0 amide bonds. The second-order valence-electron chi connectivity index (χ2n) is 6.54. The number of ether oxygens (including phenoxy) is 1. The molecule has 98 valence electrons. The van der Waals surface area contributed by atoms with Gasteiger partial charge in [-0.2, -0.15) is 0 Å². The Bertz CT molecular complexity index is 282. The number of cyclic esters (lactones) is 1. The van der Waals surface area contributed by atoms with Crippen LogP contribution in [-0.4, -0.2) is 24.7 Å². The van der Waals surface area contributed by atoms with Gasteiger partial charge < -0.3 is 10.1 Å². The van der Waals surface area contributed by atoms with Crippen LogP contribution in [0.25, 0.3) is 0 Å². The van der Waals surface area contributed by atoms with Crippen LogP contribution >= 0.6 is 0 Å². The fraction of sp³-hybridized carbons (Fsp3) is 0.929. The molecule has 17 heavy (non-hydrogen) atoms. The Kier molecular flexibility index (Phi) is 3.76. The SMILES string of the molecule is CC(C)(C)C1CCCCC1NC1CCOC1=O. The van der Waals surface area contributed by atoms with Gasteiger partial charge in [0.05, 0.1) is 6.61 Å². The largest absolute Gasteiger partial charge is 0.464 e. The Morgan fingerprint density at radius 3 is 2.47 bits per heavy atom. The van der Waals surface area contributed by atoms with Crippen molar-refractivity contribution < 1.29 is 9.53 Å². The predicted molar refractivity (Wildman–Crippen MR) is 67.7 cm³/mol. The monoisotopic (exact) mass is 239 g/mol. The first-order valence-corrected chi connectivity index (χ1v) is 6.91. The van der Waals surface area contributed by atoms with E-state index in [0.717, 1.165) is 6.42 Å². The summed E-state index contributed by atoms with van der Waals surface area (Å²) in [5.41, 5.74) is 0.320. The lowest BCUT2D eigenvalue weighted by Crippen LogP contribution is -2.49. The Balaban J connectivity index is 1.99. The summed E-state index contributed by atoms with van der Waals surface area (Å²) in [4.78, 5) is 11.5. The third-order valence-corrected chi connectivity index (χ3v) is 4.23. The summed E-state index contributed by atoms with van der Waals surface area (Å²) in [7, 11) is 0. The predicted octanol–water partition coefficient (Wildman–Crippen LogP) is 2.50. The highest BCUT2D eigenvalue weighted by Gasteiger charge is 2.37. The highest BCUT2D eigenvalue weighted by atomic mass is 16.5. The third kappa shape index (κ3) is 3.01. The molecular weight excluding hydrogens is 214 g/mol. The minimum Gasteiger partial charge on any atom is -0.464 e. The molecule has 2 rings (SSSR count). The van der Waals surface area contributed by atoms with E-state index in [1.807, 2.05) is 0 Å². The van der Waals surface area contributed by atoms with Crippen molar-refractivity contribution in [3.8, 4) is 0 Å². The topological polar surface area (TPSA) is 38.3 Å². The zero-order chi connectivity index (χ0) is 12.5. The second kappa shape index (κ2) is 4.97. The molecule has 1 heterocycles. The first-order valence-electron chi connectivity index (χ1n) is 6.91. The summed E-state index contributed by atoms with van der Waals surface area (Å²) < 4.78 is 5.03. The highest BCUT2D eigenvalue weighted by Crippen LogP contribution is 2.38. The molecule has 1 saturated heterocycles. The van der Waals surface area contributed by atoms with Crippen molar-refractivity contribution in [3.05, 3.63) is 0 Å². The van der Waals surface area contributed by atoms with Crippen molar-refractivity contribution >= 4 is 5.97 Å². The van der Waals surface area contributed by atoms with Gasteiger partial charge in [0.1, 0.15) is 6.04 Å². The lowest BCUT2D eigenvalue weighted by Gasteiger charge is -2.41. The molecule has 0 aromatic rings. The number of hydrogen-bond donors (Lipinski definition) is 1. The number of rotatable bonds is 2. The van der Waals surface area contributed by atoms with E-state index in [1.54, 1.807) is 0 Å². The summed E-state index contributed by atoms with van der Waals surface area (Å²) in [5, 5.41) is 3.55. The maximum absolute atomic E-state index is 11.5. The zero-order valence-electron chi connectivity index (χ0n) is 11.3. The van der Waals surface area contributed by atoms with E-state index in [9.17, 15) is 4.79 Å². The molecule has 1 aliphatic carbocycles. The Labute approximate surface area is 104 Å². The fourth-order valence-corrected chi connectivity index (χ4v) is 3.27. The first kappa shape index (κ1) is 12.9. The van der Waals surface area contributed by atoms with E-state index in [0.29, 0.717) is 24.0 Å². The van der Waals surface area contributed by atoms with Crippen LogP contribution in [0, 0.1) is 11.3 Å². The van der Waals surface area contributed by atoms with E-state index in [-0.39, 0.29) is 12.0 Å². The molecule has 2 fully saturated rings. The molecule has 1 aliphatic heterocycles. The molecule has 1 saturated carbocycles. The normalized spacial score (nSPS) is 34.8. The van der Waals surface area contributed by atoms with Crippen LogP contribution in [0.3, 0.4) is 0 Å². The number of nitrogens with one attached hydrogen (secondary N) is 1. The number of carbonyl (C=O) groups is 1. The molecule has 3 nitrogen and oxygen atoms in total. The molecule has 2 aliphatic rings. The number of carbonyl (C=O) groups excluding carboxylic acids is 1. The van der Waals surface area contributed by atoms with Gasteiger partial charge in [-0.15, -0.1) is 0 Å². The van der Waals surface area contributed by atoms with Crippen molar-refractivity contribution in [2.75, 3.05) is 6.61 Å². The van der Waals surface area contributed by atoms with Crippen molar-refractivity contribution in [2.45, 2.75) is 65.0 Å². The zero-order valence-corrected chi connectivity index (χ0v) is 11.3. The molecule has 3 unspecified atom stereocenters. The van der Waals surface area contributed by atoms with Crippen molar-refractivity contribution in [2.24, 2.45) is 11.3 Å². The standard InChI is InChI=1S/C14H25NO2/c1-14(2,3)10-6-4-5-7-11(10)15-12-8-9-17-13(12)16/h10-12,15H,4-9H2,1-3H3. The number of esters is 1. The van der Waals surface area contributed by atoms with Crippen LogP contribution in [0.1, 0.15) is 52.9 Å². The van der Waals surface area contributed by atoms with Gasteiger partial charge >= 0.3 is 5.97 Å². The average Bonchev–Trinajstić information content (AvgIpc) is 2.64. The molecular formula is C14H25NO2. The molecule has 3 atom stereocenters. The number of hydrogen-bond acceptors (Lipinski definition) is 3. The van der Waals surface area contributed by atoms with Gasteiger partial charge in [-0.3, -0.25) is 4.79 Å². The molecule has 0 bridgehead atoms. The van der Waals surface area contributed by atoms with Crippen molar-refractivity contribution in [3.63, 3.8) is 0 Å². The van der Waals surface area contributed by atoms with Gasteiger partial charge in [0.15, 0.2) is 0 Å². The molecule has 0 aromatic heterocycles. The molecule has 3 heteroatoms. The van der Waals surface area contributed by atoms with Gasteiger partial charge in [-0.25, -0.2) is 0 Å². The maximum Gasteiger partial charge on any atom is 0.323 e.